The van der Waals surface area contributed by atoms with Crippen molar-refractivity contribution in [2.75, 3.05) is 44.6 Å². The number of carbonyl (C=O) groups excluding carboxylic acids is 3. The molecule has 5 heterocycles. The molecule has 2 aliphatic heterocycles. The minimum Gasteiger partial charge on any atom is -0.384 e. The van der Waals surface area contributed by atoms with Gasteiger partial charge >= 0.3 is 5.69 Å². The van der Waals surface area contributed by atoms with E-state index in [1.54, 1.807) is 27.1 Å². The van der Waals surface area contributed by atoms with Gasteiger partial charge in [-0.15, -0.1) is 0 Å². The molecule has 15 nitrogen and oxygen atoms in total. The SMILES string of the molecule is Cn1c(=O)n(C2CCC(=O)NC2=O)c2cccc(C#CCN3CCN(CC4CCC(n5cc(NC(=O)c6cncc(C#N)c6)c(C(C)(C)O)n5)CC4)CC3)c21. The fourth-order valence-electron chi connectivity index (χ4n) is 8.04. The molecule has 1 unspecified atom stereocenters. The molecule has 3 aliphatic rings. The molecular weight excluding hydrogens is 701 g/mol. The Kier molecular flexibility index (Phi) is 10.7. The first-order valence-electron chi connectivity index (χ1n) is 18.8. The second kappa shape index (κ2) is 15.6. The van der Waals surface area contributed by atoms with E-state index in [1.807, 2.05) is 29.0 Å². The van der Waals surface area contributed by atoms with Crippen molar-refractivity contribution in [2.24, 2.45) is 13.0 Å². The van der Waals surface area contributed by atoms with Gasteiger partial charge in [-0.3, -0.25) is 43.4 Å². The number of nitrogens with one attached hydrogen (secondary N) is 2. The summed E-state index contributed by atoms with van der Waals surface area (Å²) in [6, 6.07) is 8.46. The van der Waals surface area contributed by atoms with Gasteiger partial charge < -0.3 is 15.3 Å². The van der Waals surface area contributed by atoms with Crippen molar-refractivity contribution >= 4 is 34.4 Å². The van der Waals surface area contributed by atoms with Crippen LogP contribution in [0.2, 0.25) is 0 Å². The average Bonchev–Trinajstić information content (AvgIpc) is 3.71. The molecule has 0 bridgehead atoms. The summed E-state index contributed by atoms with van der Waals surface area (Å²) in [5.74, 6) is 5.97. The van der Waals surface area contributed by atoms with Gasteiger partial charge in [-0.05, 0) is 70.1 Å². The molecule has 2 saturated heterocycles. The van der Waals surface area contributed by atoms with Crippen LogP contribution in [0.5, 0.6) is 0 Å². The predicted octanol–water partition coefficient (Wildman–Crippen LogP) is 2.66. The number of imidazole rings is 1. The summed E-state index contributed by atoms with van der Waals surface area (Å²) in [4.78, 5) is 59.4. The lowest BCUT2D eigenvalue weighted by atomic mass is 9.85. The van der Waals surface area contributed by atoms with Gasteiger partial charge in [0.05, 0.1) is 46.0 Å². The van der Waals surface area contributed by atoms with Crippen LogP contribution in [0, 0.1) is 29.1 Å². The van der Waals surface area contributed by atoms with Crippen LogP contribution in [-0.4, -0.2) is 95.8 Å². The van der Waals surface area contributed by atoms with Crippen molar-refractivity contribution in [1.82, 2.24) is 39.0 Å². The summed E-state index contributed by atoms with van der Waals surface area (Å²) >= 11 is 0. The third kappa shape index (κ3) is 8.10. The number of nitriles is 1. The number of hydrogen-bond acceptors (Lipinski definition) is 10. The molecule has 7 rings (SSSR count). The maximum atomic E-state index is 13.2. The van der Waals surface area contributed by atoms with Gasteiger partial charge in [0, 0.05) is 64.8 Å². The first-order valence-corrected chi connectivity index (χ1v) is 18.8. The Morgan fingerprint density at radius 3 is 2.51 bits per heavy atom. The molecule has 286 valence electrons. The van der Waals surface area contributed by atoms with E-state index in [0.717, 1.165) is 64.0 Å². The Morgan fingerprint density at radius 1 is 1.05 bits per heavy atom. The van der Waals surface area contributed by atoms with Crippen LogP contribution in [0.25, 0.3) is 11.0 Å². The average molecular weight is 747 g/mol. The Morgan fingerprint density at radius 2 is 1.80 bits per heavy atom. The number of aryl methyl sites for hydroxylation is 1. The van der Waals surface area contributed by atoms with Crippen molar-refractivity contribution in [3.05, 3.63) is 75.7 Å². The van der Waals surface area contributed by atoms with E-state index in [-0.39, 0.29) is 36.0 Å². The third-order valence-electron chi connectivity index (χ3n) is 11.0. The topological polar surface area (TPSA) is 183 Å². The molecule has 3 aromatic heterocycles. The summed E-state index contributed by atoms with van der Waals surface area (Å²) in [7, 11) is 1.69. The van der Waals surface area contributed by atoms with E-state index in [2.05, 4.69) is 37.3 Å². The molecule has 55 heavy (non-hydrogen) atoms. The number of rotatable bonds is 8. The van der Waals surface area contributed by atoms with E-state index in [1.165, 1.54) is 27.6 Å². The molecule has 1 saturated carbocycles. The summed E-state index contributed by atoms with van der Waals surface area (Å²) in [6.07, 6.45) is 9.10. The van der Waals surface area contributed by atoms with Gasteiger partial charge in [-0.2, -0.15) is 10.4 Å². The van der Waals surface area contributed by atoms with Crippen molar-refractivity contribution in [3.8, 4) is 17.9 Å². The second-order valence-corrected chi connectivity index (χ2v) is 15.4. The van der Waals surface area contributed by atoms with Crippen LogP contribution in [0.4, 0.5) is 5.69 Å². The lowest BCUT2D eigenvalue weighted by Crippen LogP contribution is -2.48. The van der Waals surface area contributed by atoms with E-state index in [9.17, 15) is 29.5 Å². The summed E-state index contributed by atoms with van der Waals surface area (Å²) in [5.41, 5.74) is 1.83. The number of hydrogen-bond donors (Lipinski definition) is 3. The van der Waals surface area contributed by atoms with Crippen molar-refractivity contribution < 1.29 is 19.5 Å². The summed E-state index contributed by atoms with van der Waals surface area (Å²) in [5, 5.41) is 30.0. The molecule has 1 atom stereocenters. The lowest BCUT2D eigenvalue weighted by Gasteiger charge is -2.37. The fraction of sp³-hybridized carbons (Fsp3) is 0.475. The normalized spacial score (nSPS) is 21.1. The number of anilines is 1. The molecule has 0 spiro atoms. The number of aliphatic hydroxyl groups is 1. The number of carbonyl (C=O) groups is 3. The summed E-state index contributed by atoms with van der Waals surface area (Å²) < 4.78 is 4.90. The number of fused-ring (bicyclic) bond motifs is 1. The highest BCUT2D eigenvalue weighted by atomic mass is 16.3. The Bertz CT molecular complexity index is 2280. The molecule has 1 aromatic carbocycles. The van der Waals surface area contributed by atoms with E-state index in [4.69, 9.17) is 5.10 Å². The largest absolute Gasteiger partial charge is 0.384 e. The minimum atomic E-state index is -1.27. The highest BCUT2D eigenvalue weighted by Crippen LogP contribution is 2.35. The van der Waals surface area contributed by atoms with Gasteiger partial charge in [0.1, 0.15) is 23.4 Å². The highest BCUT2D eigenvalue weighted by molar-refractivity contribution is 6.04. The molecule has 4 aromatic rings. The quantitative estimate of drug-likeness (QED) is 0.179. The van der Waals surface area contributed by atoms with Crippen molar-refractivity contribution in [1.29, 1.82) is 5.26 Å². The zero-order chi connectivity index (χ0) is 38.9. The van der Waals surface area contributed by atoms with Crippen molar-refractivity contribution in [3.63, 3.8) is 0 Å². The van der Waals surface area contributed by atoms with Crippen molar-refractivity contribution in [2.45, 2.75) is 70.1 Å². The van der Waals surface area contributed by atoms with E-state index in [0.29, 0.717) is 40.4 Å². The van der Waals surface area contributed by atoms with Gasteiger partial charge in [0.2, 0.25) is 11.8 Å². The van der Waals surface area contributed by atoms with Crippen LogP contribution in [-0.2, 0) is 22.2 Å². The number of piperidine rings is 1. The number of para-hydroxylation sites is 1. The zero-order valence-corrected chi connectivity index (χ0v) is 31.4. The highest BCUT2D eigenvalue weighted by Gasteiger charge is 2.33. The fourth-order valence-corrected chi connectivity index (χ4v) is 8.04. The number of imide groups is 1. The molecule has 3 amide bonds. The van der Waals surface area contributed by atoms with Gasteiger partial charge in [0.15, 0.2) is 0 Å². The lowest BCUT2D eigenvalue weighted by molar-refractivity contribution is -0.135. The molecule has 0 radical (unpaired) electrons. The smallest absolute Gasteiger partial charge is 0.329 e. The van der Waals surface area contributed by atoms with Crippen LogP contribution >= 0.6 is 0 Å². The summed E-state index contributed by atoms with van der Waals surface area (Å²) in [6.45, 7) is 8.69. The number of aromatic nitrogens is 5. The van der Waals surface area contributed by atoms with E-state index < -0.39 is 23.5 Å². The van der Waals surface area contributed by atoms with Crippen LogP contribution < -0.4 is 16.3 Å². The van der Waals surface area contributed by atoms with Crippen LogP contribution in [0.1, 0.15) is 91.6 Å². The molecule has 3 N–H and O–H groups in total. The molecular formula is C40H46N10O5. The van der Waals surface area contributed by atoms with Gasteiger partial charge in [0.25, 0.3) is 5.91 Å². The molecule has 3 fully saturated rings. The first kappa shape index (κ1) is 37.7. The third-order valence-corrected chi connectivity index (χ3v) is 11.0. The number of piperazine rings is 1. The second-order valence-electron chi connectivity index (χ2n) is 15.4. The van der Waals surface area contributed by atoms with Crippen LogP contribution in [0.3, 0.4) is 0 Å². The molecule has 15 heteroatoms. The maximum absolute atomic E-state index is 13.2. The number of pyridine rings is 1. The Labute approximate surface area is 318 Å². The predicted molar refractivity (Wildman–Crippen MR) is 204 cm³/mol. The Balaban J connectivity index is 0.909. The first-order chi connectivity index (χ1) is 26.4. The Hall–Kier alpha value is -5.61. The number of nitrogens with zero attached hydrogens (tertiary/aromatic N) is 8. The standard InChI is InChI=1S/C40H46N10O5/c1-40(2,55)36-31(43-37(52)29-20-27(21-41)22-42-23-29)25-49(45-36)30-11-9-26(10-12-30)24-48-18-16-47(17-19-48)15-5-7-28-6-4-8-32-35(28)46(3)39(54)50(32)33-13-14-34(51)44-38(33)53/h4,6,8,20,22-23,25-26,30,33,55H,9-19,24H2,1-3H3,(H,43,52)(H,44,51,53). The molecule has 1 aliphatic carbocycles. The number of amides is 3. The van der Waals surface area contributed by atoms with E-state index >= 15 is 0 Å². The number of benzene rings is 1. The maximum Gasteiger partial charge on any atom is 0.329 e. The van der Waals surface area contributed by atoms with Crippen LogP contribution in [0.15, 0.2) is 47.7 Å². The van der Waals surface area contributed by atoms with Gasteiger partial charge in [-0.25, -0.2) is 4.79 Å². The minimum absolute atomic E-state index is 0.159. The van der Waals surface area contributed by atoms with Gasteiger partial charge in [-0.1, -0.05) is 17.9 Å². The monoisotopic (exact) mass is 746 g/mol. The zero-order valence-electron chi connectivity index (χ0n) is 31.4.